The summed E-state index contributed by atoms with van der Waals surface area (Å²) in [6, 6.07) is 14.3. The Morgan fingerprint density at radius 1 is 0.960 bits per heavy atom. The summed E-state index contributed by atoms with van der Waals surface area (Å²) in [5, 5.41) is 6.60. The molecule has 128 valence electrons. The molecule has 0 aliphatic heterocycles. The normalized spacial score (nSPS) is 11.2. The summed E-state index contributed by atoms with van der Waals surface area (Å²) in [5.74, 6) is 1.53. The first kappa shape index (κ1) is 16.9. The lowest BCUT2D eigenvalue weighted by atomic mass is 9.87. The van der Waals surface area contributed by atoms with Crippen molar-refractivity contribution in [2.75, 3.05) is 10.6 Å². The van der Waals surface area contributed by atoms with Gasteiger partial charge in [-0.15, -0.1) is 0 Å². The van der Waals surface area contributed by atoms with Crippen molar-refractivity contribution in [3.8, 4) is 0 Å². The summed E-state index contributed by atoms with van der Waals surface area (Å²) in [6.45, 7) is 7.30. The average Bonchev–Trinajstić information content (AvgIpc) is 2.61. The molecule has 0 saturated heterocycles. The Labute approximate surface area is 148 Å². The Bertz CT molecular complexity index is 807. The number of hydrogen-bond donors (Lipinski definition) is 2. The van der Waals surface area contributed by atoms with E-state index in [1.807, 2.05) is 24.4 Å². The molecular weight excluding hydrogens is 310 g/mol. The van der Waals surface area contributed by atoms with Crippen LogP contribution in [-0.4, -0.2) is 15.0 Å². The minimum absolute atomic E-state index is 0.150. The molecule has 5 heteroatoms. The number of rotatable bonds is 5. The zero-order valence-electron chi connectivity index (χ0n) is 14.8. The largest absolute Gasteiger partial charge is 0.366 e. The van der Waals surface area contributed by atoms with Gasteiger partial charge in [0.1, 0.15) is 18.0 Å². The second-order valence-electron chi connectivity index (χ2n) is 6.96. The zero-order chi connectivity index (χ0) is 17.7. The molecule has 0 radical (unpaired) electrons. The van der Waals surface area contributed by atoms with Gasteiger partial charge in [-0.3, -0.25) is 4.98 Å². The van der Waals surface area contributed by atoms with Crippen LogP contribution in [0.3, 0.4) is 0 Å². The predicted octanol–water partition coefficient (Wildman–Crippen LogP) is 4.52. The van der Waals surface area contributed by atoms with Crippen molar-refractivity contribution in [3.63, 3.8) is 0 Å². The Morgan fingerprint density at radius 2 is 1.72 bits per heavy atom. The molecule has 2 aromatic heterocycles. The van der Waals surface area contributed by atoms with Crippen LogP contribution in [-0.2, 0) is 12.0 Å². The molecule has 0 aliphatic rings. The van der Waals surface area contributed by atoms with Crippen LogP contribution >= 0.6 is 0 Å². The number of nitrogens with zero attached hydrogens (tertiary/aromatic N) is 3. The summed E-state index contributed by atoms with van der Waals surface area (Å²) in [4.78, 5) is 12.7. The SMILES string of the molecule is CC(C)(C)c1ccc(Nc2cc(NCc3cccnc3)ncn2)cc1. The lowest BCUT2D eigenvalue weighted by molar-refractivity contribution is 0.590. The smallest absolute Gasteiger partial charge is 0.135 e. The van der Waals surface area contributed by atoms with Gasteiger partial charge in [-0.05, 0) is 34.7 Å². The quantitative estimate of drug-likeness (QED) is 0.718. The van der Waals surface area contributed by atoms with Crippen molar-refractivity contribution in [2.24, 2.45) is 0 Å². The number of anilines is 3. The number of aromatic nitrogens is 3. The van der Waals surface area contributed by atoms with Crippen molar-refractivity contribution < 1.29 is 0 Å². The van der Waals surface area contributed by atoms with Crippen LogP contribution < -0.4 is 10.6 Å². The van der Waals surface area contributed by atoms with E-state index in [1.165, 1.54) is 5.56 Å². The van der Waals surface area contributed by atoms with Gasteiger partial charge in [0, 0.05) is 30.7 Å². The molecule has 0 amide bonds. The van der Waals surface area contributed by atoms with Crippen molar-refractivity contribution in [2.45, 2.75) is 32.7 Å². The topological polar surface area (TPSA) is 62.7 Å². The van der Waals surface area contributed by atoms with E-state index in [4.69, 9.17) is 0 Å². The van der Waals surface area contributed by atoms with Crippen LogP contribution in [0.5, 0.6) is 0 Å². The van der Waals surface area contributed by atoms with E-state index >= 15 is 0 Å². The minimum Gasteiger partial charge on any atom is -0.366 e. The van der Waals surface area contributed by atoms with Gasteiger partial charge in [0.25, 0.3) is 0 Å². The van der Waals surface area contributed by atoms with E-state index < -0.39 is 0 Å². The molecule has 0 atom stereocenters. The third kappa shape index (κ3) is 4.76. The number of benzene rings is 1. The third-order valence-electron chi connectivity index (χ3n) is 3.89. The van der Waals surface area contributed by atoms with E-state index in [-0.39, 0.29) is 5.41 Å². The van der Waals surface area contributed by atoms with Crippen molar-refractivity contribution in [1.82, 2.24) is 15.0 Å². The Hall–Kier alpha value is -2.95. The molecule has 3 rings (SSSR count). The standard InChI is InChI=1S/C20H23N5/c1-20(2,3)16-6-8-17(9-7-16)25-19-11-18(23-14-24-19)22-13-15-5-4-10-21-12-15/h4-12,14H,13H2,1-3H3,(H2,22,23,24,25). The van der Waals surface area contributed by atoms with Gasteiger partial charge in [-0.1, -0.05) is 39.0 Å². The molecule has 3 aromatic rings. The lowest BCUT2D eigenvalue weighted by Crippen LogP contribution is -2.10. The molecule has 0 bridgehead atoms. The Balaban J connectivity index is 1.65. The van der Waals surface area contributed by atoms with E-state index in [0.29, 0.717) is 6.54 Å². The van der Waals surface area contributed by atoms with Gasteiger partial charge < -0.3 is 10.6 Å². The number of nitrogens with one attached hydrogen (secondary N) is 2. The first-order valence-corrected chi connectivity index (χ1v) is 8.33. The van der Waals surface area contributed by atoms with Crippen LogP contribution in [0.4, 0.5) is 17.3 Å². The van der Waals surface area contributed by atoms with Gasteiger partial charge in [0.15, 0.2) is 0 Å². The van der Waals surface area contributed by atoms with Crippen molar-refractivity contribution in [1.29, 1.82) is 0 Å². The van der Waals surface area contributed by atoms with Crippen LogP contribution in [0.1, 0.15) is 31.9 Å². The highest BCUT2D eigenvalue weighted by Gasteiger charge is 2.12. The van der Waals surface area contributed by atoms with Gasteiger partial charge in [0.2, 0.25) is 0 Å². The van der Waals surface area contributed by atoms with Crippen LogP contribution in [0.25, 0.3) is 0 Å². The minimum atomic E-state index is 0.150. The zero-order valence-corrected chi connectivity index (χ0v) is 14.8. The van der Waals surface area contributed by atoms with Gasteiger partial charge in [-0.25, -0.2) is 9.97 Å². The molecule has 0 unspecified atom stereocenters. The molecule has 1 aromatic carbocycles. The maximum Gasteiger partial charge on any atom is 0.135 e. The highest BCUT2D eigenvalue weighted by molar-refractivity contribution is 5.59. The van der Waals surface area contributed by atoms with Gasteiger partial charge >= 0.3 is 0 Å². The summed E-state index contributed by atoms with van der Waals surface area (Å²) in [5.41, 5.74) is 3.56. The van der Waals surface area contributed by atoms with Gasteiger partial charge in [-0.2, -0.15) is 0 Å². The first-order valence-electron chi connectivity index (χ1n) is 8.33. The molecule has 25 heavy (non-hydrogen) atoms. The fraction of sp³-hybridized carbons (Fsp3) is 0.250. The monoisotopic (exact) mass is 333 g/mol. The van der Waals surface area contributed by atoms with Gasteiger partial charge in [0.05, 0.1) is 0 Å². The molecule has 0 fully saturated rings. The fourth-order valence-electron chi connectivity index (χ4n) is 2.42. The second-order valence-corrected chi connectivity index (χ2v) is 6.96. The summed E-state index contributed by atoms with van der Waals surface area (Å²) in [6.07, 6.45) is 5.16. The van der Waals surface area contributed by atoms with Crippen molar-refractivity contribution in [3.05, 3.63) is 72.3 Å². The number of hydrogen-bond acceptors (Lipinski definition) is 5. The molecule has 2 N–H and O–H groups in total. The summed E-state index contributed by atoms with van der Waals surface area (Å²) >= 11 is 0. The maximum atomic E-state index is 4.29. The second kappa shape index (κ2) is 7.30. The lowest BCUT2D eigenvalue weighted by Gasteiger charge is -2.19. The van der Waals surface area contributed by atoms with E-state index in [1.54, 1.807) is 12.5 Å². The van der Waals surface area contributed by atoms with E-state index in [0.717, 1.165) is 22.9 Å². The van der Waals surface area contributed by atoms with Crippen molar-refractivity contribution >= 4 is 17.3 Å². The Morgan fingerprint density at radius 3 is 2.40 bits per heavy atom. The van der Waals surface area contributed by atoms with Crippen LogP contribution in [0, 0.1) is 0 Å². The highest BCUT2D eigenvalue weighted by atomic mass is 15.1. The van der Waals surface area contributed by atoms with Crippen LogP contribution in [0.2, 0.25) is 0 Å². The molecule has 2 heterocycles. The fourth-order valence-corrected chi connectivity index (χ4v) is 2.42. The third-order valence-corrected chi connectivity index (χ3v) is 3.89. The van der Waals surface area contributed by atoms with E-state index in [2.05, 4.69) is 70.6 Å². The molecule has 0 aliphatic carbocycles. The number of pyridine rings is 1. The summed E-state index contributed by atoms with van der Waals surface area (Å²) < 4.78 is 0. The molecular formula is C20H23N5. The average molecular weight is 333 g/mol. The highest BCUT2D eigenvalue weighted by Crippen LogP contribution is 2.24. The predicted molar refractivity (Wildman–Crippen MR) is 102 cm³/mol. The maximum absolute atomic E-state index is 4.29. The molecule has 0 spiro atoms. The first-order chi connectivity index (χ1) is 12.0. The van der Waals surface area contributed by atoms with E-state index in [9.17, 15) is 0 Å². The molecule has 5 nitrogen and oxygen atoms in total. The molecule has 0 saturated carbocycles. The van der Waals surface area contributed by atoms with Crippen LogP contribution in [0.15, 0.2) is 61.2 Å². The Kier molecular flexibility index (Phi) is 4.93. The summed E-state index contributed by atoms with van der Waals surface area (Å²) in [7, 11) is 0.